The van der Waals surface area contributed by atoms with Gasteiger partial charge >= 0.3 is 0 Å². The second kappa shape index (κ2) is 14.3. The third kappa shape index (κ3) is 8.32. The fraction of sp³-hybridized carbons (Fsp3) is 0.500. The Kier molecular flexibility index (Phi) is 10.6. The van der Waals surface area contributed by atoms with Crippen molar-refractivity contribution in [2.45, 2.75) is 57.3 Å². The van der Waals surface area contributed by atoms with Crippen LogP contribution in [0.3, 0.4) is 0 Å². The summed E-state index contributed by atoms with van der Waals surface area (Å²) in [7, 11) is 0. The summed E-state index contributed by atoms with van der Waals surface area (Å²) < 4.78 is 18.3. The molecular weight excluding hydrogens is 490 g/mol. The lowest BCUT2D eigenvalue weighted by atomic mass is 9.99. The molecule has 0 bridgehead atoms. The second-order valence-electron chi connectivity index (χ2n) is 9.67. The zero-order valence-electron chi connectivity index (χ0n) is 21.5. The second-order valence-corrected chi connectivity index (χ2v) is 9.67. The highest BCUT2D eigenvalue weighted by molar-refractivity contribution is 5.78. The van der Waals surface area contributed by atoms with E-state index in [1.54, 1.807) is 5.48 Å². The van der Waals surface area contributed by atoms with Crippen molar-refractivity contribution in [1.29, 1.82) is 0 Å². The molecule has 2 aliphatic rings. The van der Waals surface area contributed by atoms with Gasteiger partial charge < -0.3 is 24.6 Å². The van der Waals surface area contributed by atoms with Crippen LogP contribution < -0.4 is 10.8 Å². The highest BCUT2D eigenvalue weighted by atomic mass is 16.7. The molecule has 2 aromatic carbocycles. The van der Waals surface area contributed by atoms with Crippen molar-refractivity contribution in [2.75, 3.05) is 32.8 Å². The van der Waals surface area contributed by atoms with Gasteiger partial charge in [0.2, 0.25) is 11.8 Å². The molecule has 0 unspecified atom stereocenters. The van der Waals surface area contributed by atoms with E-state index in [1.807, 2.05) is 48.5 Å². The van der Waals surface area contributed by atoms with Crippen LogP contribution in [0.2, 0.25) is 0 Å². The summed E-state index contributed by atoms with van der Waals surface area (Å²) >= 11 is 0. The van der Waals surface area contributed by atoms with Gasteiger partial charge in [0.25, 0.3) is 0 Å². The van der Waals surface area contributed by atoms with Crippen LogP contribution in [0.15, 0.2) is 48.5 Å². The normalized spacial score (nSPS) is 22.1. The van der Waals surface area contributed by atoms with Gasteiger partial charge in [-0.2, -0.15) is 0 Å². The molecule has 0 spiro atoms. The Morgan fingerprint density at radius 1 is 0.895 bits per heavy atom. The summed E-state index contributed by atoms with van der Waals surface area (Å²) in [4.78, 5) is 25.5. The number of nitrogens with zero attached hydrogens (tertiary/aromatic N) is 1. The highest BCUT2D eigenvalue weighted by Crippen LogP contribution is 2.38. The van der Waals surface area contributed by atoms with Crippen LogP contribution in [0.25, 0.3) is 0 Å². The number of aliphatic hydroxyl groups is 1. The molecule has 4 N–H and O–H groups in total. The minimum atomic E-state index is -0.529. The number of morpholine rings is 1. The van der Waals surface area contributed by atoms with Gasteiger partial charge in [0.1, 0.15) is 0 Å². The quantitative estimate of drug-likeness (QED) is 0.259. The van der Waals surface area contributed by atoms with E-state index in [0.717, 1.165) is 61.5 Å². The predicted octanol–water partition coefficient (Wildman–Crippen LogP) is 2.35. The Morgan fingerprint density at radius 3 is 2.24 bits per heavy atom. The molecule has 3 atom stereocenters. The summed E-state index contributed by atoms with van der Waals surface area (Å²) in [5, 5.41) is 20.8. The van der Waals surface area contributed by atoms with Crippen LogP contribution in [0.5, 0.6) is 0 Å². The van der Waals surface area contributed by atoms with Gasteiger partial charge in [0, 0.05) is 51.0 Å². The minimum Gasteiger partial charge on any atom is -0.392 e. The maximum atomic E-state index is 12.0. The predicted molar refractivity (Wildman–Crippen MR) is 138 cm³/mol. The Labute approximate surface area is 222 Å². The number of amides is 2. The van der Waals surface area contributed by atoms with E-state index < -0.39 is 12.2 Å². The van der Waals surface area contributed by atoms with Crippen molar-refractivity contribution in [3.8, 4) is 0 Å². The van der Waals surface area contributed by atoms with E-state index in [2.05, 4.69) is 10.2 Å². The van der Waals surface area contributed by atoms with Crippen molar-refractivity contribution < 1.29 is 34.1 Å². The summed E-state index contributed by atoms with van der Waals surface area (Å²) in [5.41, 5.74) is 5.31. The lowest BCUT2D eigenvalue weighted by molar-refractivity contribution is -0.253. The third-order valence-electron chi connectivity index (χ3n) is 6.85. The van der Waals surface area contributed by atoms with E-state index >= 15 is 0 Å². The van der Waals surface area contributed by atoms with Crippen molar-refractivity contribution in [2.24, 2.45) is 0 Å². The topological polar surface area (TPSA) is 130 Å². The highest BCUT2D eigenvalue weighted by Gasteiger charge is 2.33. The number of benzene rings is 2. The fourth-order valence-corrected chi connectivity index (χ4v) is 4.65. The lowest BCUT2D eigenvalue weighted by Crippen LogP contribution is -2.44. The van der Waals surface area contributed by atoms with E-state index in [9.17, 15) is 14.7 Å². The third-order valence-corrected chi connectivity index (χ3v) is 6.85. The summed E-state index contributed by atoms with van der Waals surface area (Å²) in [6, 6.07) is 15.7. The molecule has 2 aliphatic heterocycles. The van der Waals surface area contributed by atoms with Crippen molar-refractivity contribution in [3.63, 3.8) is 0 Å². The SMILES string of the molecule is O=C(CCCC(=O)NCc1ccc([C@H]2O[C@@H](CN3CCOCC3)C[C@@H](c3ccc(CO)cc3)O2)cc1)NO. The number of nitrogens with one attached hydrogen (secondary N) is 2. The molecule has 2 heterocycles. The molecule has 10 nitrogen and oxygen atoms in total. The van der Waals surface area contributed by atoms with Gasteiger partial charge in [0.15, 0.2) is 6.29 Å². The number of aliphatic hydroxyl groups excluding tert-OH is 1. The van der Waals surface area contributed by atoms with Gasteiger partial charge in [-0.3, -0.25) is 19.7 Å². The van der Waals surface area contributed by atoms with Gasteiger partial charge in [-0.05, 0) is 23.1 Å². The van der Waals surface area contributed by atoms with Crippen molar-refractivity contribution in [1.82, 2.24) is 15.7 Å². The molecule has 0 radical (unpaired) electrons. The number of hydrogen-bond acceptors (Lipinski definition) is 8. The van der Waals surface area contributed by atoms with Gasteiger partial charge in [-0.1, -0.05) is 48.5 Å². The first-order valence-corrected chi connectivity index (χ1v) is 13.1. The van der Waals surface area contributed by atoms with Gasteiger partial charge in [-0.15, -0.1) is 0 Å². The Morgan fingerprint density at radius 2 is 1.55 bits per heavy atom. The summed E-state index contributed by atoms with van der Waals surface area (Å²) in [6.45, 7) is 4.41. The Balaban J connectivity index is 1.37. The number of hydrogen-bond donors (Lipinski definition) is 4. The molecule has 4 rings (SSSR count). The smallest absolute Gasteiger partial charge is 0.243 e. The molecule has 10 heteroatoms. The molecule has 2 amide bonds. The van der Waals surface area contributed by atoms with E-state index in [0.29, 0.717) is 13.0 Å². The van der Waals surface area contributed by atoms with Crippen LogP contribution in [0.1, 0.15) is 60.3 Å². The van der Waals surface area contributed by atoms with Gasteiger partial charge in [0.05, 0.1) is 32.0 Å². The maximum absolute atomic E-state index is 12.0. The van der Waals surface area contributed by atoms with Crippen LogP contribution >= 0.6 is 0 Å². The van der Waals surface area contributed by atoms with E-state index in [4.69, 9.17) is 19.4 Å². The molecule has 0 aromatic heterocycles. The lowest BCUT2D eigenvalue weighted by Gasteiger charge is -2.39. The number of hydroxylamine groups is 1. The first kappa shape index (κ1) is 28.2. The minimum absolute atomic E-state index is 0.00483. The average Bonchev–Trinajstić information content (AvgIpc) is 2.96. The van der Waals surface area contributed by atoms with Crippen LogP contribution in [-0.2, 0) is 37.0 Å². The molecule has 2 aromatic rings. The van der Waals surface area contributed by atoms with Crippen LogP contribution in [0.4, 0.5) is 0 Å². The first-order chi connectivity index (χ1) is 18.5. The fourth-order valence-electron chi connectivity index (χ4n) is 4.65. The first-order valence-electron chi connectivity index (χ1n) is 13.1. The monoisotopic (exact) mass is 527 g/mol. The maximum Gasteiger partial charge on any atom is 0.243 e. The van der Waals surface area contributed by atoms with E-state index in [1.165, 1.54) is 0 Å². The zero-order chi connectivity index (χ0) is 26.7. The number of ether oxygens (including phenoxy) is 3. The van der Waals surface area contributed by atoms with E-state index in [-0.39, 0.29) is 37.6 Å². The Bertz CT molecular complexity index is 1030. The van der Waals surface area contributed by atoms with Crippen LogP contribution in [-0.4, -0.2) is 66.0 Å². The number of rotatable bonds is 11. The standard InChI is InChI=1S/C28H37N3O7/c32-19-21-6-8-22(9-7-21)25-16-24(18-31-12-14-36-15-13-31)37-28(38-25)23-10-4-20(5-11-23)17-29-26(33)2-1-3-27(34)30-35/h4-11,24-25,28,32,35H,1-3,12-19H2,(H,29,33)(H,30,34)/t24-,25+,28+/m1/s1. The molecule has 2 saturated heterocycles. The molecule has 2 fully saturated rings. The van der Waals surface area contributed by atoms with Gasteiger partial charge in [-0.25, -0.2) is 5.48 Å². The van der Waals surface area contributed by atoms with Crippen molar-refractivity contribution in [3.05, 3.63) is 70.8 Å². The molecule has 0 aliphatic carbocycles. The number of carbonyl (C=O) groups excluding carboxylic acids is 2. The zero-order valence-corrected chi connectivity index (χ0v) is 21.5. The van der Waals surface area contributed by atoms with Crippen molar-refractivity contribution >= 4 is 11.8 Å². The summed E-state index contributed by atoms with van der Waals surface area (Å²) in [5.74, 6) is -0.656. The largest absolute Gasteiger partial charge is 0.392 e. The molecule has 0 saturated carbocycles. The average molecular weight is 528 g/mol. The molecule has 206 valence electrons. The molecular formula is C28H37N3O7. The Hall–Kier alpha value is -2.86. The summed E-state index contributed by atoms with van der Waals surface area (Å²) in [6.07, 6.45) is 0.721. The molecule has 38 heavy (non-hydrogen) atoms. The van der Waals surface area contributed by atoms with Crippen LogP contribution in [0, 0.1) is 0 Å². The number of carbonyl (C=O) groups is 2.